The van der Waals surface area contributed by atoms with Gasteiger partial charge in [-0.2, -0.15) is 13.2 Å². The van der Waals surface area contributed by atoms with Crippen molar-refractivity contribution in [2.45, 2.75) is 108 Å². The molecule has 0 spiro atoms. The minimum Gasteiger partial charge on any atom is -0.497 e. The van der Waals surface area contributed by atoms with Crippen LogP contribution in [-0.4, -0.2) is 85.1 Å². The molecule has 3 aliphatic heterocycles. The minimum atomic E-state index is -5.02. The van der Waals surface area contributed by atoms with Gasteiger partial charge in [0.1, 0.15) is 34.3 Å². The van der Waals surface area contributed by atoms with Crippen LogP contribution in [0.3, 0.4) is 0 Å². The average Bonchev–Trinajstić information content (AvgIpc) is 3.55. The Morgan fingerprint density at radius 1 is 0.906 bits per heavy atom. The summed E-state index contributed by atoms with van der Waals surface area (Å²) in [5.74, 6) is 0.162. The Hall–Kier alpha value is -5.42. The molecule has 340 valence electrons. The Bertz CT molecular complexity index is 2680. The molecule has 2 saturated heterocycles. The molecule has 3 aromatic carbocycles. The number of rotatable bonds is 9. The first-order chi connectivity index (χ1) is 30.2. The van der Waals surface area contributed by atoms with E-state index in [1.54, 1.807) is 69.1 Å². The first kappa shape index (κ1) is 45.2. The minimum absolute atomic E-state index is 0.0947. The maximum Gasteiger partial charge on any atom is 0.418 e. The summed E-state index contributed by atoms with van der Waals surface area (Å²) in [5, 5.41) is -0.897. The van der Waals surface area contributed by atoms with Crippen LogP contribution >= 0.6 is 11.6 Å². The fourth-order valence-corrected chi connectivity index (χ4v) is 10.2. The quantitative estimate of drug-likeness (QED) is 0.104. The van der Waals surface area contributed by atoms with E-state index in [4.69, 9.17) is 25.8 Å². The van der Waals surface area contributed by atoms with E-state index in [-0.39, 0.29) is 77.4 Å². The number of halogens is 5. The van der Waals surface area contributed by atoms with Gasteiger partial charge < -0.3 is 24.0 Å². The lowest BCUT2D eigenvalue weighted by molar-refractivity contribution is -0.137. The third kappa shape index (κ3) is 8.60. The molecular formula is C46H49ClF4N6O6S. The molecule has 2 aromatic heterocycles. The highest BCUT2D eigenvalue weighted by molar-refractivity contribution is 7.90. The van der Waals surface area contributed by atoms with Crippen LogP contribution in [0.1, 0.15) is 74.3 Å². The van der Waals surface area contributed by atoms with Gasteiger partial charge in [0.25, 0.3) is 0 Å². The third-order valence-corrected chi connectivity index (χ3v) is 13.4. The van der Waals surface area contributed by atoms with Crippen LogP contribution in [0, 0.1) is 12.7 Å². The summed E-state index contributed by atoms with van der Waals surface area (Å²) in [6.45, 7) is 7.25. The highest BCUT2D eigenvalue weighted by atomic mass is 35.5. The Morgan fingerprint density at radius 3 is 2.06 bits per heavy atom. The lowest BCUT2D eigenvalue weighted by Crippen LogP contribution is -2.62. The van der Waals surface area contributed by atoms with E-state index in [2.05, 4.69) is 15.0 Å². The fraction of sp³-hybridized carbons (Fsp3) is 0.435. The molecule has 0 N–H and O–H groups in total. The number of benzene rings is 3. The van der Waals surface area contributed by atoms with Gasteiger partial charge in [-0.25, -0.2) is 32.6 Å². The van der Waals surface area contributed by atoms with Crippen molar-refractivity contribution in [1.82, 2.24) is 19.9 Å². The molecule has 0 unspecified atom stereocenters. The smallest absolute Gasteiger partial charge is 0.418 e. The van der Waals surface area contributed by atoms with Gasteiger partial charge in [-0.3, -0.25) is 4.90 Å². The zero-order valence-corrected chi connectivity index (χ0v) is 38.1. The molecule has 5 heterocycles. The number of anilines is 2. The number of sulfone groups is 1. The van der Waals surface area contributed by atoms with Crippen LogP contribution in [0.25, 0.3) is 22.2 Å². The van der Waals surface area contributed by atoms with Gasteiger partial charge >= 0.3 is 12.3 Å². The molecule has 0 radical (unpaired) electrons. The van der Waals surface area contributed by atoms with Crippen LogP contribution in [0.5, 0.6) is 11.5 Å². The molecule has 0 saturated carbocycles. The summed E-state index contributed by atoms with van der Waals surface area (Å²) in [6, 6.07) is 14.7. The van der Waals surface area contributed by atoms with E-state index in [0.717, 1.165) is 17.4 Å². The van der Waals surface area contributed by atoms with Gasteiger partial charge in [-0.15, -0.1) is 0 Å². The second kappa shape index (κ2) is 16.9. The van der Waals surface area contributed by atoms with Crippen LogP contribution < -0.4 is 19.3 Å². The van der Waals surface area contributed by atoms with Crippen molar-refractivity contribution in [1.29, 1.82) is 0 Å². The largest absolute Gasteiger partial charge is 0.497 e. The molecule has 64 heavy (non-hydrogen) atoms. The van der Waals surface area contributed by atoms with E-state index < -0.39 is 61.0 Å². The number of hydrogen-bond acceptors (Lipinski definition) is 11. The molecule has 2 fully saturated rings. The number of amides is 1. The molecule has 5 aromatic rings. The zero-order valence-electron chi connectivity index (χ0n) is 36.5. The van der Waals surface area contributed by atoms with Crippen molar-refractivity contribution in [2.75, 3.05) is 36.8 Å². The van der Waals surface area contributed by atoms with Gasteiger partial charge in [0, 0.05) is 25.9 Å². The summed E-state index contributed by atoms with van der Waals surface area (Å²) in [5.41, 5.74) is -2.22. The van der Waals surface area contributed by atoms with Gasteiger partial charge in [-0.1, -0.05) is 35.9 Å². The number of alkyl halides is 3. The molecule has 8 rings (SSSR count). The fourth-order valence-electron chi connectivity index (χ4n) is 9.35. The normalized spacial score (nSPS) is 18.7. The van der Waals surface area contributed by atoms with Gasteiger partial charge in [-0.05, 0) is 112 Å². The van der Waals surface area contributed by atoms with Crippen molar-refractivity contribution in [3.8, 4) is 22.8 Å². The number of methoxy groups -OCH3 is 2. The highest BCUT2D eigenvalue weighted by Crippen LogP contribution is 2.50. The van der Waals surface area contributed by atoms with E-state index in [1.807, 2.05) is 29.2 Å². The van der Waals surface area contributed by atoms with Crippen LogP contribution in [-0.2, 0) is 40.3 Å². The molecule has 0 aliphatic carbocycles. The maximum absolute atomic E-state index is 17.8. The second-order valence-electron chi connectivity index (χ2n) is 17.7. The predicted octanol–water partition coefficient (Wildman–Crippen LogP) is 9.73. The van der Waals surface area contributed by atoms with Crippen LogP contribution in [0.15, 0.2) is 59.8 Å². The van der Waals surface area contributed by atoms with Crippen molar-refractivity contribution in [2.24, 2.45) is 0 Å². The van der Waals surface area contributed by atoms with E-state index >= 15 is 17.6 Å². The van der Waals surface area contributed by atoms with Crippen molar-refractivity contribution < 1.29 is 45.0 Å². The molecule has 18 heteroatoms. The molecule has 12 nitrogen and oxygen atoms in total. The van der Waals surface area contributed by atoms with E-state index in [1.165, 1.54) is 13.0 Å². The lowest BCUT2D eigenvalue weighted by atomic mass is 9.89. The monoisotopic (exact) mass is 924 g/mol. The number of nitrogens with zero attached hydrogens (tertiary/aromatic N) is 6. The SMILES string of the molecule is COc1ccc(CN(Cc2ccc(OC)cc2)c2cc(C)c(C(F)(F)F)c(-c3c(Cl)c4c5c(nc(S(C)(=O)=O)nc5c3F)N3C[C@H]5CC[C@@H]([C@H]3CCC4)N5C(=O)OC(C)(C)C)n2)cc1. The van der Waals surface area contributed by atoms with E-state index in [0.29, 0.717) is 37.2 Å². The number of aryl methyl sites for hydroxylation is 2. The summed E-state index contributed by atoms with van der Waals surface area (Å²) >= 11 is 7.24. The standard InChI is InChI=1S/C46H49ClF4N6O6S/c1-25-21-34(55(22-26-11-16-29(61-5)17-12-26)23-27-13-18-30(62-6)19-14-27)52-40(37(25)46(49,50)51)36-38(47)31-9-8-10-32-33-20-15-28(57(33)44(58)63-45(2,3)4)24-56(32)42-35(31)41(39(36)48)53-43(54-42)64(7,59)60/h11-14,16-19,21,28,32-33H,8-10,15,20,22-24H2,1-7H3/t28-,32-,33+/m1/s1. The van der Waals surface area contributed by atoms with Crippen molar-refractivity contribution >= 4 is 50.1 Å². The van der Waals surface area contributed by atoms with Crippen LogP contribution in [0.4, 0.5) is 34.0 Å². The molecule has 3 atom stereocenters. The Kier molecular flexibility index (Phi) is 11.9. The van der Waals surface area contributed by atoms with Gasteiger partial charge in [0.15, 0.2) is 5.82 Å². The number of piperazine rings is 1. The van der Waals surface area contributed by atoms with E-state index in [9.17, 15) is 13.2 Å². The van der Waals surface area contributed by atoms with Gasteiger partial charge in [0.05, 0.1) is 59.6 Å². The number of ether oxygens (including phenoxy) is 3. The summed E-state index contributed by atoms with van der Waals surface area (Å²) < 4.78 is 107. The summed E-state index contributed by atoms with van der Waals surface area (Å²) in [6.07, 6.45) is -2.23. The third-order valence-electron chi connectivity index (χ3n) is 12.1. The summed E-state index contributed by atoms with van der Waals surface area (Å²) in [4.78, 5) is 32.5. The average molecular weight is 925 g/mol. The number of aromatic nitrogens is 3. The molecule has 1 amide bonds. The highest BCUT2D eigenvalue weighted by Gasteiger charge is 2.51. The second-order valence-corrected chi connectivity index (χ2v) is 20.0. The Balaban J connectivity index is 1.33. The Morgan fingerprint density at radius 2 is 1.52 bits per heavy atom. The number of fused-ring (bicyclic) bond motifs is 5. The lowest BCUT2D eigenvalue weighted by Gasteiger charge is -2.48. The molecule has 3 aliphatic rings. The predicted molar refractivity (Wildman–Crippen MR) is 235 cm³/mol. The topological polar surface area (TPSA) is 127 Å². The molecular weight excluding hydrogens is 876 g/mol. The number of pyridine rings is 1. The van der Waals surface area contributed by atoms with Crippen LogP contribution in [0.2, 0.25) is 5.02 Å². The number of hydrogen-bond donors (Lipinski definition) is 0. The summed E-state index contributed by atoms with van der Waals surface area (Å²) in [7, 11) is -1.13. The number of carbonyl (C=O) groups excluding carboxylic acids is 1. The maximum atomic E-state index is 17.8. The first-order valence-corrected chi connectivity index (χ1v) is 23.2. The van der Waals surface area contributed by atoms with Gasteiger partial charge in [0.2, 0.25) is 15.0 Å². The first-order valence-electron chi connectivity index (χ1n) is 21.0. The number of carbonyl (C=O) groups is 1. The van der Waals surface area contributed by atoms with Crippen molar-refractivity contribution in [3.05, 3.63) is 93.3 Å². The Labute approximate surface area is 374 Å². The zero-order chi connectivity index (χ0) is 46.0. The van der Waals surface area contributed by atoms with Crippen molar-refractivity contribution in [3.63, 3.8) is 0 Å². The molecule has 2 bridgehead atoms.